The monoisotopic (exact) mass is 353 g/mol. The van der Waals surface area contributed by atoms with Gasteiger partial charge in [-0.15, -0.1) is 0 Å². The summed E-state index contributed by atoms with van der Waals surface area (Å²) in [7, 11) is 0. The third-order valence-electron chi connectivity index (χ3n) is 4.40. The molecular weight excluding hydrogens is 336 g/mol. The Morgan fingerprint density at radius 3 is 2.65 bits per heavy atom. The Kier molecular flexibility index (Phi) is 4.24. The van der Waals surface area contributed by atoms with Crippen molar-refractivity contribution in [3.63, 3.8) is 0 Å². The molecule has 26 heavy (non-hydrogen) atoms. The standard InChI is InChI=1S/C20H17F2N3O/c21-15-5-3-4-14(12-15)13-24(16-8-9-16)20(26)18-10-11-25(23-18)19-7-2-1-6-17(19)22/h1-7,10-12,16H,8-9,13H2. The van der Waals surface area contributed by atoms with Crippen molar-refractivity contribution in [2.45, 2.75) is 25.4 Å². The van der Waals surface area contributed by atoms with Gasteiger partial charge >= 0.3 is 0 Å². The van der Waals surface area contributed by atoms with Crippen molar-refractivity contribution in [2.24, 2.45) is 0 Å². The molecule has 0 radical (unpaired) electrons. The summed E-state index contributed by atoms with van der Waals surface area (Å²) in [5.41, 5.74) is 1.27. The summed E-state index contributed by atoms with van der Waals surface area (Å²) in [5, 5.41) is 4.24. The van der Waals surface area contributed by atoms with E-state index in [0.29, 0.717) is 6.54 Å². The van der Waals surface area contributed by atoms with Crippen molar-refractivity contribution in [1.29, 1.82) is 0 Å². The molecular formula is C20H17F2N3O. The summed E-state index contributed by atoms with van der Waals surface area (Å²) in [6.07, 6.45) is 3.42. The first-order valence-corrected chi connectivity index (χ1v) is 8.48. The predicted molar refractivity (Wildman–Crippen MR) is 92.8 cm³/mol. The van der Waals surface area contributed by atoms with Crippen LogP contribution in [0.25, 0.3) is 5.69 Å². The molecule has 4 rings (SSSR count). The SMILES string of the molecule is O=C(c1ccn(-c2ccccc2F)n1)N(Cc1cccc(F)c1)C1CC1. The third kappa shape index (κ3) is 3.35. The molecule has 4 nitrogen and oxygen atoms in total. The van der Waals surface area contributed by atoms with Crippen molar-refractivity contribution in [3.8, 4) is 5.69 Å². The summed E-state index contributed by atoms with van der Waals surface area (Å²) in [6, 6.07) is 14.2. The molecule has 0 saturated heterocycles. The molecule has 1 heterocycles. The fourth-order valence-corrected chi connectivity index (χ4v) is 2.94. The number of halogens is 2. The first-order valence-electron chi connectivity index (χ1n) is 8.48. The minimum absolute atomic E-state index is 0.143. The van der Waals surface area contributed by atoms with Crippen LogP contribution >= 0.6 is 0 Å². The second-order valence-corrected chi connectivity index (χ2v) is 6.39. The van der Waals surface area contributed by atoms with Gasteiger partial charge in [0.05, 0.1) is 0 Å². The van der Waals surface area contributed by atoms with Crippen LogP contribution in [0.5, 0.6) is 0 Å². The van der Waals surface area contributed by atoms with E-state index in [0.717, 1.165) is 18.4 Å². The van der Waals surface area contributed by atoms with Crippen molar-refractivity contribution in [3.05, 3.63) is 83.7 Å². The highest BCUT2D eigenvalue weighted by Crippen LogP contribution is 2.30. The molecule has 1 aromatic heterocycles. The zero-order valence-electron chi connectivity index (χ0n) is 14.0. The van der Waals surface area contributed by atoms with Gasteiger partial charge in [0.15, 0.2) is 5.69 Å². The molecule has 0 atom stereocenters. The maximum absolute atomic E-state index is 13.9. The molecule has 3 aromatic rings. The lowest BCUT2D eigenvalue weighted by Gasteiger charge is -2.21. The zero-order chi connectivity index (χ0) is 18.1. The molecule has 1 amide bonds. The highest BCUT2D eigenvalue weighted by Gasteiger charge is 2.34. The van der Waals surface area contributed by atoms with Gasteiger partial charge in [0, 0.05) is 18.8 Å². The number of amides is 1. The van der Waals surface area contributed by atoms with Crippen molar-refractivity contribution in [2.75, 3.05) is 0 Å². The van der Waals surface area contributed by atoms with E-state index in [4.69, 9.17) is 0 Å². The number of nitrogens with zero attached hydrogens (tertiary/aromatic N) is 3. The summed E-state index contributed by atoms with van der Waals surface area (Å²) >= 11 is 0. The van der Waals surface area contributed by atoms with Crippen LogP contribution in [-0.2, 0) is 6.54 Å². The lowest BCUT2D eigenvalue weighted by Crippen LogP contribution is -2.33. The highest BCUT2D eigenvalue weighted by atomic mass is 19.1. The number of hydrogen-bond donors (Lipinski definition) is 0. The molecule has 0 aliphatic heterocycles. The quantitative estimate of drug-likeness (QED) is 0.696. The van der Waals surface area contributed by atoms with Crippen molar-refractivity contribution < 1.29 is 13.6 Å². The Morgan fingerprint density at radius 1 is 1.12 bits per heavy atom. The molecule has 0 bridgehead atoms. The molecule has 0 N–H and O–H groups in total. The lowest BCUT2D eigenvalue weighted by molar-refractivity contribution is 0.0723. The van der Waals surface area contributed by atoms with Gasteiger partial charge in [0.1, 0.15) is 17.3 Å². The normalized spacial score (nSPS) is 13.6. The Labute approximate surface area is 149 Å². The molecule has 1 fully saturated rings. The maximum atomic E-state index is 13.9. The molecule has 2 aromatic carbocycles. The number of carbonyl (C=O) groups excluding carboxylic acids is 1. The fourth-order valence-electron chi connectivity index (χ4n) is 2.94. The van der Waals surface area contributed by atoms with E-state index >= 15 is 0 Å². The Morgan fingerprint density at radius 2 is 1.92 bits per heavy atom. The van der Waals surface area contributed by atoms with Gasteiger partial charge in [-0.2, -0.15) is 5.10 Å². The number of para-hydroxylation sites is 1. The van der Waals surface area contributed by atoms with E-state index in [-0.39, 0.29) is 29.1 Å². The van der Waals surface area contributed by atoms with Crippen molar-refractivity contribution in [1.82, 2.24) is 14.7 Å². The number of rotatable bonds is 5. The number of aromatic nitrogens is 2. The van der Waals surface area contributed by atoms with Crippen molar-refractivity contribution >= 4 is 5.91 Å². The van der Waals surface area contributed by atoms with Crippen LogP contribution in [0, 0.1) is 11.6 Å². The minimum atomic E-state index is -0.409. The second-order valence-electron chi connectivity index (χ2n) is 6.39. The van der Waals surface area contributed by atoms with Gasteiger partial charge < -0.3 is 4.90 Å². The summed E-state index contributed by atoms with van der Waals surface area (Å²) in [6.45, 7) is 0.327. The molecule has 0 unspecified atom stereocenters. The largest absolute Gasteiger partial charge is 0.330 e. The first kappa shape index (κ1) is 16.4. The van der Waals surface area contributed by atoms with Crippen LogP contribution in [0.1, 0.15) is 28.9 Å². The van der Waals surface area contributed by atoms with Gasteiger partial charge in [-0.25, -0.2) is 13.5 Å². The maximum Gasteiger partial charge on any atom is 0.274 e. The summed E-state index contributed by atoms with van der Waals surface area (Å²) in [5.74, 6) is -0.963. The van der Waals surface area contributed by atoms with E-state index in [1.165, 1.54) is 22.9 Å². The molecule has 1 saturated carbocycles. The van der Waals surface area contributed by atoms with Crippen LogP contribution in [0.2, 0.25) is 0 Å². The van der Waals surface area contributed by atoms with Gasteiger partial charge in [0.2, 0.25) is 0 Å². The molecule has 1 aliphatic carbocycles. The Hall–Kier alpha value is -3.02. The average Bonchev–Trinajstić information content (AvgIpc) is 3.36. The van der Waals surface area contributed by atoms with Crippen LogP contribution < -0.4 is 0 Å². The molecule has 0 spiro atoms. The van der Waals surface area contributed by atoms with E-state index in [9.17, 15) is 13.6 Å². The van der Waals surface area contributed by atoms with Gasteiger partial charge in [-0.1, -0.05) is 24.3 Å². The van der Waals surface area contributed by atoms with E-state index in [1.807, 2.05) is 0 Å². The highest BCUT2D eigenvalue weighted by molar-refractivity contribution is 5.92. The zero-order valence-corrected chi connectivity index (χ0v) is 14.0. The molecule has 1 aliphatic rings. The van der Waals surface area contributed by atoms with Crippen LogP contribution in [0.3, 0.4) is 0 Å². The molecule has 132 valence electrons. The smallest absolute Gasteiger partial charge is 0.274 e. The number of benzene rings is 2. The predicted octanol–water partition coefficient (Wildman–Crippen LogP) is 3.96. The second kappa shape index (κ2) is 6.71. The van der Waals surface area contributed by atoms with Gasteiger partial charge in [0.25, 0.3) is 5.91 Å². The summed E-state index contributed by atoms with van der Waals surface area (Å²) in [4.78, 5) is 14.6. The lowest BCUT2D eigenvalue weighted by atomic mass is 10.2. The Balaban J connectivity index is 1.58. The van der Waals surface area contributed by atoms with Crippen LogP contribution in [0.4, 0.5) is 8.78 Å². The Bertz CT molecular complexity index is 949. The van der Waals surface area contributed by atoms with Crippen LogP contribution in [0.15, 0.2) is 60.8 Å². The third-order valence-corrected chi connectivity index (χ3v) is 4.40. The number of carbonyl (C=O) groups is 1. The van der Waals surface area contributed by atoms with E-state index < -0.39 is 5.82 Å². The van der Waals surface area contributed by atoms with Gasteiger partial charge in [-0.05, 0) is 48.7 Å². The summed E-state index contributed by atoms with van der Waals surface area (Å²) < 4.78 is 28.7. The van der Waals surface area contributed by atoms with E-state index in [2.05, 4.69) is 5.10 Å². The fraction of sp³-hybridized carbons (Fsp3) is 0.200. The topological polar surface area (TPSA) is 38.1 Å². The average molecular weight is 353 g/mol. The molecule has 6 heteroatoms. The minimum Gasteiger partial charge on any atom is -0.330 e. The number of hydrogen-bond acceptors (Lipinski definition) is 2. The van der Waals surface area contributed by atoms with Gasteiger partial charge in [-0.3, -0.25) is 4.79 Å². The van der Waals surface area contributed by atoms with Crippen LogP contribution in [-0.4, -0.2) is 26.6 Å². The van der Waals surface area contributed by atoms with E-state index in [1.54, 1.807) is 47.5 Å². The first-order chi connectivity index (χ1) is 12.6.